The molecule has 3 aromatic carbocycles. The molecule has 3 rings (SSSR count). The van der Waals surface area contributed by atoms with Crippen LogP contribution in [0.1, 0.15) is 29.5 Å². The molecule has 0 aliphatic heterocycles. The summed E-state index contributed by atoms with van der Waals surface area (Å²) >= 11 is 0. The summed E-state index contributed by atoms with van der Waals surface area (Å²) in [7, 11) is 0. The fourth-order valence-electron chi connectivity index (χ4n) is 4.42. The fourth-order valence-corrected chi connectivity index (χ4v) is 4.42. The summed E-state index contributed by atoms with van der Waals surface area (Å²) in [6.45, 7) is 8.03. The van der Waals surface area contributed by atoms with Gasteiger partial charge in [-0.1, -0.05) is 103 Å². The molecular weight excluding hydrogens is 492 g/mol. The first-order chi connectivity index (χ1) is 19.0. The van der Waals surface area contributed by atoms with Crippen LogP contribution >= 0.6 is 0 Å². The number of aliphatic hydroxyl groups excluding tert-OH is 2. The molecule has 4 atom stereocenters. The van der Waals surface area contributed by atoms with E-state index < -0.39 is 30.0 Å². The van der Waals surface area contributed by atoms with Gasteiger partial charge in [-0.25, -0.2) is 0 Å². The molecule has 208 valence electrons. The fraction of sp³-hybridized carbons (Fsp3) is 0.333. The lowest BCUT2D eigenvalue weighted by molar-refractivity contribution is -0.210. The van der Waals surface area contributed by atoms with Gasteiger partial charge in [0, 0.05) is 0 Å². The standard InChI is InChI=1S/C33H40O6/c1-3-20-33(36,21-4-2)32(35)31(39-24-28-18-12-7-13-19-28)30(38-23-27-16-10-6-11-17-27)29(34)25-37-22-26-14-8-5-9-15-26/h3-19,29-32,34-36H,1-2,20-25H2/t29-,30-,31-,32+/m1/s1. The summed E-state index contributed by atoms with van der Waals surface area (Å²) in [4.78, 5) is 0. The minimum absolute atomic E-state index is 0.0619. The first-order valence-corrected chi connectivity index (χ1v) is 13.2. The molecule has 0 aliphatic carbocycles. The van der Waals surface area contributed by atoms with Gasteiger partial charge in [0.1, 0.15) is 24.4 Å². The van der Waals surface area contributed by atoms with E-state index in [1.165, 1.54) is 0 Å². The van der Waals surface area contributed by atoms with Gasteiger partial charge in [0.2, 0.25) is 0 Å². The highest BCUT2D eigenvalue weighted by Gasteiger charge is 2.45. The molecule has 0 saturated heterocycles. The van der Waals surface area contributed by atoms with Crippen molar-refractivity contribution in [2.24, 2.45) is 0 Å². The predicted octanol–water partition coefficient (Wildman–Crippen LogP) is 4.98. The van der Waals surface area contributed by atoms with Crippen LogP contribution in [0, 0.1) is 0 Å². The minimum atomic E-state index is -1.62. The Hall–Kier alpha value is -3.10. The van der Waals surface area contributed by atoms with Crippen LogP contribution in [0.5, 0.6) is 0 Å². The van der Waals surface area contributed by atoms with Crippen LogP contribution in [0.4, 0.5) is 0 Å². The zero-order valence-electron chi connectivity index (χ0n) is 22.3. The lowest BCUT2D eigenvalue weighted by atomic mass is 9.83. The van der Waals surface area contributed by atoms with Gasteiger partial charge in [-0.3, -0.25) is 0 Å². The largest absolute Gasteiger partial charge is 0.388 e. The molecule has 6 nitrogen and oxygen atoms in total. The molecule has 0 spiro atoms. The van der Waals surface area contributed by atoms with E-state index in [-0.39, 0.29) is 32.7 Å². The van der Waals surface area contributed by atoms with Crippen LogP contribution in [0.25, 0.3) is 0 Å². The molecule has 0 aromatic heterocycles. The van der Waals surface area contributed by atoms with Crippen molar-refractivity contribution in [3.8, 4) is 0 Å². The van der Waals surface area contributed by atoms with Gasteiger partial charge < -0.3 is 29.5 Å². The molecule has 3 N–H and O–H groups in total. The molecule has 0 aliphatic rings. The Morgan fingerprint density at radius 1 is 0.641 bits per heavy atom. The van der Waals surface area contributed by atoms with E-state index in [0.717, 1.165) is 16.7 Å². The second-order valence-electron chi connectivity index (χ2n) is 9.62. The van der Waals surface area contributed by atoms with Crippen LogP contribution in [-0.4, -0.2) is 51.9 Å². The van der Waals surface area contributed by atoms with Crippen molar-refractivity contribution in [2.45, 2.75) is 62.7 Å². The lowest BCUT2D eigenvalue weighted by Crippen LogP contribution is -2.57. The predicted molar refractivity (Wildman–Crippen MR) is 153 cm³/mol. The van der Waals surface area contributed by atoms with E-state index in [1.807, 2.05) is 91.0 Å². The van der Waals surface area contributed by atoms with E-state index in [1.54, 1.807) is 12.2 Å². The molecule has 0 fully saturated rings. The smallest absolute Gasteiger partial charge is 0.115 e. The Morgan fingerprint density at radius 3 is 1.49 bits per heavy atom. The van der Waals surface area contributed by atoms with Crippen LogP contribution < -0.4 is 0 Å². The molecule has 39 heavy (non-hydrogen) atoms. The van der Waals surface area contributed by atoms with Crippen molar-refractivity contribution in [2.75, 3.05) is 6.61 Å². The SMILES string of the molecule is C=CCC(O)(CC=C)[C@@H](O)[C@H](OCc1ccccc1)[C@H](OCc1ccccc1)[C@H](O)COCc1ccccc1. The van der Waals surface area contributed by atoms with Crippen molar-refractivity contribution in [1.82, 2.24) is 0 Å². The third-order valence-corrected chi connectivity index (χ3v) is 6.53. The van der Waals surface area contributed by atoms with E-state index >= 15 is 0 Å². The highest BCUT2D eigenvalue weighted by atomic mass is 16.6. The van der Waals surface area contributed by atoms with Crippen LogP contribution in [0.3, 0.4) is 0 Å². The molecule has 0 bridgehead atoms. The van der Waals surface area contributed by atoms with Gasteiger partial charge in [0.15, 0.2) is 0 Å². The maximum absolute atomic E-state index is 11.6. The quantitative estimate of drug-likeness (QED) is 0.200. The Labute approximate surface area is 231 Å². The van der Waals surface area contributed by atoms with E-state index in [9.17, 15) is 15.3 Å². The highest BCUT2D eigenvalue weighted by Crippen LogP contribution is 2.29. The molecule has 6 heteroatoms. The highest BCUT2D eigenvalue weighted by molar-refractivity contribution is 5.15. The zero-order chi connectivity index (χ0) is 27.9. The van der Waals surface area contributed by atoms with Crippen LogP contribution in [-0.2, 0) is 34.0 Å². The van der Waals surface area contributed by atoms with E-state index in [0.29, 0.717) is 6.61 Å². The molecule has 0 unspecified atom stereocenters. The Morgan fingerprint density at radius 2 is 1.05 bits per heavy atom. The van der Waals surface area contributed by atoms with Gasteiger partial charge in [-0.2, -0.15) is 0 Å². The number of benzene rings is 3. The minimum Gasteiger partial charge on any atom is -0.388 e. The number of rotatable bonds is 18. The maximum Gasteiger partial charge on any atom is 0.115 e. The summed E-state index contributed by atoms with van der Waals surface area (Å²) in [6, 6.07) is 28.7. The van der Waals surface area contributed by atoms with E-state index in [2.05, 4.69) is 13.2 Å². The second-order valence-corrected chi connectivity index (χ2v) is 9.62. The lowest BCUT2D eigenvalue weighted by Gasteiger charge is -2.40. The van der Waals surface area contributed by atoms with Crippen LogP contribution in [0.15, 0.2) is 116 Å². The first-order valence-electron chi connectivity index (χ1n) is 13.2. The van der Waals surface area contributed by atoms with Gasteiger partial charge in [0.25, 0.3) is 0 Å². The Kier molecular flexibility index (Phi) is 12.6. The number of hydrogen-bond acceptors (Lipinski definition) is 6. The summed E-state index contributed by atoms with van der Waals surface area (Å²) in [6.07, 6.45) is -1.45. The number of hydrogen-bond donors (Lipinski definition) is 3. The molecular formula is C33H40O6. The number of aliphatic hydroxyl groups is 3. The van der Waals surface area contributed by atoms with Crippen LogP contribution in [0.2, 0.25) is 0 Å². The van der Waals surface area contributed by atoms with Crippen molar-refractivity contribution in [1.29, 1.82) is 0 Å². The zero-order valence-corrected chi connectivity index (χ0v) is 22.3. The Balaban J connectivity index is 1.87. The van der Waals surface area contributed by atoms with Gasteiger partial charge in [-0.05, 0) is 29.5 Å². The maximum atomic E-state index is 11.6. The van der Waals surface area contributed by atoms with Crippen molar-refractivity contribution in [3.63, 3.8) is 0 Å². The Bertz CT molecular complexity index is 1080. The van der Waals surface area contributed by atoms with Crippen molar-refractivity contribution < 1.29 is 29.5 Å². The summed E-state index contributed by atoms with van der Waals surface area (Å²) < 4.78 is 18.3. The third-order valence-electron chi connectivity index (χ3n) is 6.53. The molecule has 0 amide bonds. The van der Waals surface area contributed by atoms with Crippen molar-refractivity contribution >= 4 is 0 Å². The molecule has 0 heterocycles. The van der Waals surface area contributed by atoms with Gasteiger partial charge >= 0.3 is 0 Å². The monoisotopic (exact) mass is 532 g/mol. The third kappa shape index (κ3) is 9.55. The first kappa shape index (κ1) is 30.4. The normalized spacial score (nSPS) is 14.7. The average Bonchev–Trinajstić information content (AvgIpc) is 2.96. The topological polar surface area (TPSA) is 88.4 Å². The summed E-state index contributed by atoms with van der Waals surface area (Å²) in [5, 5.41) is 34.4. The second kappa shape index (κ2) is 16.1. The van der Waals surface area contributed by atoms with Gasteiger partial charge in [-0.15, -0.1) is 13.2 Å². The van der Waals surface area contributed by atoms with E-state index in [4.69, 9.17) is 14.2 Å². The average molecular weight is 533 g/mol. The number of ether oxygens (including phenoxy) is 3. The van der Waals surface area contributed by atoms with Gasteiger partial charge in [0.05, 0.1) is 32.0 Å². The molecule has 3 aromatic rings. The summed E-state index contributed by atoms with van der Waals surface area (Å²) in [5.41, 5.74) is 1.12. The molecule has 0 radical (unpaired) electrons. The molecule has 0 saturated carbocycles. The summed E-state index contributed by atoms with van der Waals surface area (Å²) in [5.74, 6) is 0. The van der Waals surface area contributed by atoms with Crippen molar-refractivity contribution in [3.05, 3.63) is 133 Å².